The van der Waals surface area contributed by atoms with E-state index in [1.807, 2.05) is 25.1 Å². The average molecular weight is 297 g/mol. The number of benzene rings is 2. The van der Waals surface area contributed by atoms with Crippen molar-refractivity contribution in [3.63, 3.8) is 0 Å². The number of aryl methyl sites for hydroxylation is 1. The zero-order chi connectivity index (χ0) is 15.8. The minimum atomic E-state index is -0.173. The van der Waals surface area contributed by atoms with Crippen LogP contribution in [0.3, 0.4) is 0 Å². The molecule has 2 aromatic rings. The Bertz CT molecular complexity index is 578. The van der Waals surface area contributed by atoms with E-state index >= 15 is 0 Å². The van der Waals surface area contributed by atoms with Gasteiger partial charge in [0, 0.05) is 12.6 Å². The van der Waals surface area contributed by atoms with Crippen molar-refractivity contribution >= 4 is 5.97 Å². The van der Waals surface area contributed by atoms with E-state index in [0.717, 1.165) is 12.1 Å². The van der Waals surface area contributed by atoms with Gasteiger partial charge in [-0.1, -0.05) is 60.2 Å². The Labute approximate surface area is 132 Å². The lowest BCUT2D eigenvalue weighted by Crippen LogP contribution is -2.24. The molecule has 2 rings (SSSR count). The minimum absolute atomic E-state index is 0.0418. The normalized spacial score (nSPS) is 11.9. The number of carbonyl (C=O) groups is 1. The number of nitrogens with one attached hydrogen (secondary N) is 1. The van der Waals surface area contributed by atoms with Gasteiger partial charge in [-0.3, -0.25) is 4.79 Å². The second-order valence-electron chi connectivity index (χ2n) is 5.34. The van der Waals surface area contributed by atoms with Crippen molar-refractivity contribution in [1.82, 2.24) is 5.32 Å². The van der Waals surface area contributed by atoms with E-state index in [9.17, 15) is 4.79 Å². The molecular formula is C19H23NO2. The predicted octanol–water partition coefficient (Wildman–Crippen LogP) is 3.78. The maximum atomic E-state index is 11.8. The molecule has 1 atom stereocenters. The van der Waals surface area contributed by atoms with Crippen LogP contribution in [0.25, 0.3) is 0 Å². The van der Waals surface area contributed by atoms with Crippen LogP contribution in [0.15, 0.2) is 54.6 Å². The summed E-state index contributed by atoms with van der Waals surface area (Å²) in [6, 6.07) is 18.4. The molecule has 0 heterocycles. The monoisotopic (exact) mass is 297 g/mol. The minimum Gasteiger partial charge on any atom is -0.466 e. The van der Waals surface area contributed by atoms with Crippen LogP contribution in [-0.4, -0.2) is 12.6 Å². The smallest absolute Gasteiger partial charge is 0.307 e. The molecule has 0 aliphatic heterocycles. The molecule has 0 bridgehead atoms. The molecule has 116 valence electrons. The van der Waals surface area contributed by atoms with Gasteiger partial charge in [-0.15, -0.1) is 0 Å². The second kappa shape index (κ2) is 8.35. The number of rotatable bonds is 7. The fourth-order valence-corrected chi connectivity index (χ4v) is 2.33. The first kappa shape index (κ1) is 16.2. The highest BCUT2D eigenvalue weighted by Gasteiger charge is 2.16. The molecule has 3 heteroatoms. The Morgan fingerprint density at radius 1 is 1.09 bits per heavy atom. The third kappa shape index (κ3) is 5.01. The van der Waals surface area contributed by atoms with Gasteiger partial charge in [0.15, 0.2) is 0 Å². The van der Waals surface area contributed by atoms with Gasteiger partial charge in [0.1, 0.15) is 0 Å². The lowest BCUT2D eigenvalue weighted by molar-refractivity contribution is -0.143. The van der Waals surface area contributed by atoms with Crippen molar-refractivity contribution in [2.24, 2.45) is 0 Å². The van der Waals surface area contributed by atoms with Gasteiger partial charge < -0.3 is 10.1 Å². The first-order chi connectivity index (χ1) is 10.7. The van der Waals surface area contributed by atoms with Crippen molar-refractivity contribution in [2.45, 2.75) is 32.9 Å². The summed E-state index contributed by atoms with van der Waals surface area (Å²) in [6.07, 6.45) is 0.337. The third-order valence-corrected chi connectivity index (χ3v) is 3.55. The van der Waals surface area contributed by atoms with E-state index in [4.69, 9.17) is 4.74 Å². The maximum absolute atomic E-state index is 11.8. The van der Waals surface area contributed by atoms with Gasteiger partial charge in [-0.25, -0.2) is 0 Å². The van der Waals surface area contributed by atoms with E-state index in [1.54, 1.807) is 0 Å². The van der Waals surface area contributed by atoms with Crippen molar-refractivity contribution in [1.29, 1.82) is 0 Å². The van der Waals surface area contributed by atoms with Crippen LogP contribution in [0.1, 0.15) is 36.1 Å². The molecule has 0 saturated carbocycles. The lowest BCUT2D eigenvalue weighted by atomic mass is 10.0. The summed E-state index contributed by atoms with van der Waals surface area (Å²) in [7, 11) is 0. The Balaban J connectivity index is 2.07. The Kier molecular flexibility index (Phi) is 6.16. The molecule has 0 amide bonds. The summed E-state index contributed by atoms with van der Waals surface area (Å²) in [6.45, 7) is 5.02. The fraction of sp³-hybridized carbons (Fsp3) is 0.316. The molecule has 0 saturated heterocycles. The van der Waals surface area contributed by atoms with Crippen LogP contribution < -0.4 is 5.32 Å². The first-order valence-electron chi connectivity index (χ1n) is 7.68. The van der Waals surface area contributed by atoms with Crippen LogP contribution in [0.4, 0.5) is 0 Å². The summed E-state index contributed by atoms with van der Waals surface area (Å²) in [5.41, 5.74) is 3.51. The molecule has 1 N–H and O–H groups in total. The SMILES string of the molecule is CCOC(=O)CC(NCc1ccccc1)c1ccc(C)cc1. The predicted molar refractivity (Wildman–Crippen MR) is 88.5 cm³/mol. The van der Waals surface area contributed by atoms with E-state index in [2.05, 4.69) is 48.6 Å². The largest absolute Gasteiger partial charge is 0.466 e. The fourth-order valence-electron chi connectivity index (χ4n) is 2.33. The molecule has 0 spiro atoms. The molecule has 1 unspecified atom stereocenters. The molecule has 0 aliphatic rings. The summed E-state index contributed by atoms with van der Waals surface area (Å²) in [5, 5.41) is 3.46. The summed E-state index contributed by atoms with van der Waals surface area (Å²) in [4.78, 5) is 11.8. The Hall–Kier alpha value is -2.13. The standard InChI is InChI=1S/C19H23NO2/c1-3-22-19(21)13-18(17-11-9-15(2)10-12-17)20-14-16-7-5-4-6-8-16/h4-12,18,20H,3,13-14H2,1-2H3. The Morgan fingerprint density at radius 3 is 2.41 bits per heavy atom. The Morgan fingerprint density at radius 2 is 1.77 bits per heavy atom. The van der Waals surface area contributed by atoms with E-state index in [-0.39, 0.29) is 12.0 Å². The molecule has 0 radical (unpaired) electrons. The zero-order valence-electron chi connectivity index (χ0n) is 13.2. The average Bonchev–Trinajstić information content (AvgIpc) is 2.53. The second-order valence-corrected chi connectivity index (χ2v) is 5.34. The molecule has 22 heavy (non-hydrogen) atoms. The van der Waals surface area contributed by atoms with Crippen LogP contribution >= 0.6 is 0 Å². The topological polar surface area (TPSA) is 38.3 Å². The third-order valence-electron chi connectivity index (χ3n) is 3.55. The molecule has 0 aliphatic carbocycles. The van der Waals surface area contributed by atoms with Crippen molar-refractivity contribution < 1.29 is 9.53 Å². The van der Waals surface area contributed by atoms with Crippen molar-refractivity contribution in [3.8, 4) is 0 Å². The van der Waals surface area contributed by atoms with Gasteiger partial charge in [0.2, 0.25) is 0 Å². The van der Waals surface area contributed by atoms with Crippen LogP contribution in [0.5, 0.6) is 0 Å². The number of carbonyl (C=O) groups excluding carboxylic acids is 1. The van der Waals surface area contributed by atoms with Crippen LogP contribution in [0.2, 0.25) is 0 Å². The first-order valence-corrected chi connectivity index (χ1v) is 7.68. The van der Waals surface area contributed by atoms with Crippen LogP contribution in [-0.2, 0) is 16.1 Å². The van der Waals surface area contributed by atoms with E-state index in [1.165, 1.54) is 11.1 Å². The van der Waals surface area contributed by atoms with Gasteiger partial charge in [-0.2, -0.15) is 0 Å². The van der Waals surface area contributed by atoms with Gasteiger partial charge in [0.05, 0.1) is 13.0 Å². The lowest BCUT2D eigenvalue weighted by Gasteiger charge is -2.19. The van der Waals surface area contributed by atoms with E-state index < -0.39 is 0 Å². The van der Waals surface area contributed by atoms with Gasteiger partial charge in [-0.05, 0) is 25.0 Å². The highest BCUT2D eigenvalue weighted by atomic mass is 16.5. The molecule has 0 fully saturated rings. The number of ether oxygens (including phenoxy) is 1. The van der Waals surface area contributed by atoms with Gasteiger partial charge >= 0.3 is 5.97 Å². The summed E-state index contributed by atoms with van der Waals surface area (Å²) >= 11 is 0. The molecule has 2 aromatic carbocycles. The summed E-state index contributed by atoms with van der Waals surface area (Å²) < 4.78 is 5.09. The highest BCUT2D eigenvalue weighted by molar-refractivity contribution is 5.70. The summed E-state index contributed by atoms with van der Waals surface area (Å²) in [5.74, 6) is -0.173. The molecular weight excluding hydrogens is 274 g/mol. The quantitative estimate of drug-likeness (QED) is 0.790. The van der Waals surface area contributed by atoms with Crippen LogP contribution in [0, 0.1) is 6.92 Å². The maximum Gasteiger partial charge on any atom is 0.307 e. The highest BCUT2D eigenvalue weighted by Crippen LogP contribution is 2.19. The number of hydrogen-bond donors (Lipinski definition) is 1. The van der Waals surface area contributed by atoms with E-state index in [0.29, 0.717) is 13.0 Å². The molecule has 3 nitrogen and oxygen atoms in total. The number of hydrogen-bond acceptors (Lipinski definition) is 3. The molecule has 0 aromatic heterocycles. The number of esters is 1. The van der Waals surface area contributed by atoms with Gasteiger partial charge in [0.25, 0.3) is 0 Å². The van der Waals surface area contributed by atoms with Crippen molar-refractivity contribution in [3.05, 3.63) is 71.3 Å². The zero-order valence-corrected chi connectivity index (χ0v) is 13.2. The van der Waals surface area contributed by atoms with Crippen molar-refractivity contribution in [2.75, 3.05) is 6.61 Å².